The molecular weight excluding hydrogens is 275 g/mol. The van der Waals surface area contributed by atoms with Crippen molar-refractivity contribution in [2.45, 2.75) is 6.54 Å². The Labute approximate surface area is 114 Å². The number of hydrogen-bond donors (Lipinski definition) is 0. The van der Waals surface area contributed by atoms with Crippen LogP contribution in [0.3, 0.4) is 0 Å². The molecule has 0 spiro atoms. The average molecular weight is 285 g/mol. The van der Waals surface area contributed by atoms with E-state index < -0.39 is 0 Å². The number of carbonyl (C=O) groups excluding carboxylic acids is 1. The van der Waals surface area contributed by atoms with Crippen LogP contribution in [-0.4, -0.2) is 22.8 Å². The zero-order valence-electron chi connectivity index (χ0n) is 9.56. The average Bonchev–Trinajstić information content (AvgIpc) is 2.79. The van der Waals surface area contributed by atoms with Crippen molar-refractivity contribution >= 4 is 29.1 Å². The molecule has 2 rings (SSSR count). The fraction of sp³-hybridized carbons (Fsp3) is 0.167. The summed E-state index contributed by atoms with van der Waals surface area (Å²) in [5.41, 5.74) is 0.397. The summed E-state index contributed by atoms with van der Waals surface area (Å²) in [5.74, 6) is 0.509. The van der Waals surface area contributed by atoms with E-state index in [2.05, 4.69) is 4.98 Å². The summed E-state index contributed by atoms with van der Waals surface area (Å²) in [7, 11) is 1.67. The van der Waals surface area contributed by atoms with Crippen LogP contribution in [0.2, 0.25) is 10.3 Å². The molecule has 0 radical (unpaired) electrons. The third-order valence-electron chi connectivity index (χ3n) is 2.33. The maximum absolute atomic E-state index is 12.1. The first-order valence-corrected chi connectivity index (χ1v) is 5.93. The fourth-order valence-electron chi connectivity index (χ4n) is 1.52. The van der Waals surface area contributed by atoms with Gasteiger partial charge < -0.3 is 9.32 Å². The number of rotatable bonds is 3. The van der Waals surface area contributed by atoms with Crippen LogP contribution in [0.1, 0.15) is 16.1 Å². The molecule has 1 amide bonds. The number of aromatic nitrogens is 1. The molecule has 0 saturated heterocycles. The van der Waals surface area contributed by atoms with Crippen molar-refractivity contribution in [1.29, 1.82) is 0 Å². The summed E-state index contributed by atoms with van der Waals surface area (Å²) in [5, 5.41) is 0.384. The van der Waals surface area contributed by atoms with E-state index in [1.165, 1.54) is 17.0 Å². The Morgan fingerprint density at radius 2 is 2.06 bits per heavy atom. The first-order valence-electron chi connectivity index (χ1n) is 5.17. The van der Waals surface area contributed by atoms with Crippen molar-refractivity contribution in [3.63, 3.8) is 0 Å². The maximum Gasteiger partial charge on any atom is 0.254 e. The van der Waals surface area contributed by atoms with E-state index in [0.29, 0.717) is 17.9 Å². The second kappa shape index (κ2) is 5.42. The number of halogens is 2. The Balaban J connectivity index is 2.15. The Kier molecular flexibility index (Phi) is 3.89. The molecule has 0 N–H and O–H groups in total. The Hall–Kier alpha value is -1.52. The number of amides is 1. The lowest BCUT2D eigenvalue weighted by atomic mass is 10.2. The minimum absolute atomic E-state index is 0.192. The van der Waals surface area contributed by atoms with E-state index in [1.807, 2.05) is 0 Å². The summed E-state index contributed by atoms with van der Waals surface area (Å²) in [6, 6.07) is 6.53. The molecule has 0 saturated carbocycles. The van der Waals surface area contributed by atoms with Gasteiger partial charge in [0.1, 0.15) is 16.1 Å². The summed E-state index contributed by atoms with van der Waals surface area (Å²) < 4.78 is 5.18. The molecule has 2 heterocycles. The van der Waals surface area contributed by atoms with Crippen LogP contribution in [0.15, 0.2) is 34.9 Å². The predicted octanol–water partition coefficient (Wildman–Crippen LogP) is 3.25. The lowest BCUT2D eigenvalue weighted by Gasteiger charge is -2.15. The van der Waals surface area contributed by atoms with Crippen LogP contribution < -0.4 is 0 Å². The standard InChI is InChI=1S/C12H10Cl2N2O2/c1-16(7-9-3-2-4-18-9)12(17)8-5-10(13)15-11(14)6-8/h2-6H,7H2,1H3. The van der Waals surface area contributed by atoms with E-state index in [4.69, 9.17) is 27.6 Å². The summed E-state index contributed by atoms with van der Waals surface area (Å²) >= 11 is 11.5. The highest BCUT2D eigenvalue weighted by Gasteiger charge is 2.14. The number of hydrogen-bond acceptors (Lipinski definition) is 3. The summed E-state index contributed by atoms with van der Waals surface area (Å²) in [6.45, 7) is 0.378. The highest BCUT2D eigenvalue weighted by atomic mass is 35.5. The molecule has 0 aliphatic rings. The van der Waals surface area contributed by atoms with Gasteiger partial charge >= 0.3 is 0 Å². The molecule has 0 aromatic carbocycles. The molecule has 0 aliphatic heterocycles. The van der Waals surface area contributed by atoms with Gasteiger partial charge in [-0.15, -0.1) is 0 Å². The van der Waals surface area contributed by atoms with Crippen LogP contribution in [0.4, 0.5) is 0 Å². The molecule has 0 aliphatic carbocycles. The molecule has 2 aromatic heterocycles. The van der Waals surface area contributed by atoms with Crippen molar-refractivity contribution in [2.24, 2.45) is 0 Å². The van der Waals surface area contributed by atoms with Crippen LogP contribution in [0.5, 0.6) is 0 Å². The molecule has 0 unspecified atom stereocenters. The van der Waals surface area contributed by atoms with Gasteiger partial charge in [-0.25, -0.2) is 4.98 Å². The minimum Gasteiger partial charge on any atom is -0.467 e. The first-order chi connectivity index (χ1) is 8.56. The van der Waals surface area contributed by atoms with Gasteiger partial charge in [0.25, 0.3) is 5.91 Å². The van der Waals surface area contributed by atoms with Crippen LogP contribution in [-0.2, 0) is 6.54 Å². The van der Waals surface area contributed by atoms with Gasteiger partial charge in [-0.3, -0.25) is 4.79 Å². The summed E-state index contributed by atoms with van der Waals surface area (Å²) in [6.07, 6.45) is 1.56. The largest absolute Gasteiger partial charge is 0.467 e. The van der Waals surface area contributed by atoms with Crippen LogP contribution >= 0.6 is 23.2 Å². The molecule has 6 heteroatoms. The Morgan fingerprint density at radius 3 is 2.61 bits per heavy atom. The molecule has 18 heavy (non-hydrogen) atoms. The second-order valence-electron chi connectivity index (χ2n) is 3.74. The van der Waals surface area contributed by atoms with Crippen molar-refractivity contribution in [3.8, 4) is 0 Å². The van der Waals surface area contributed by atoms with Gasteiger partial charge in [0.15, 0.2) is 0 Å². The van der Waals surface area contributed by atoms with Crippen molar-refractivity contribution in [2.75, 3.05) is 7.05 Å². The van der Waals surface area contributed by atoms with E-state index in [9.17, 15) is 4.79 Å². The third kappa shape index (κ3) is 3.03. The number of furan rings is 1. The smallest absolute Gasteiger partial charge is 0.254 e. The van der Waals surface area contributed by atoms with Crippen molar-refractivity contribution in [3.05, 3.63) is 52.2 Å². The molecule has 0 fully saturated rings. The first kappa shape index (κ1) is 12.9. The molecular formula is C12H10Cl2N2O2. The third-order valence-corrected chi connectivity index (χ3v) is 2.72. The van der Waals surface area contributed by atoms with E-state index in [-0.39, 0.29) is 16.2 Å². The summed E-state index contributed by atoms with van der Waals surface area (Å²) in [4.78, 5) is 17.4. The molecule has 4 nitrogen and oxygen atoms in total. The topological polar surface area (TPSA) is 46.3 Å². The lowest BCUT2D eigenvalue weighted by molar-refractivity contribution is 0.0775. The SMILES string of the molecule is CN(Cc1ccco1)C(=O)c1cc(Cl)nc(Cl)c1. The van der Waals surface area contributed by atoms with Gasteiger partial charge in [-0.05, 0) is 24.3 Å². The second-order valence-corrected chi connectivity index (χ2v) is 4.52. The molecule has 94 valence electrons. The van der Waals surface area contributed by atoms with Gasteiger partial charge in [0.2, 0.25) is 0 Å². The van der Waals surface area contributed by atoms with Gasteiger partial charge in [0.05, 0.1) is 12.8 Å². The molecule has 2 aromatic rings. The Morgan fingerprint density at radius 1 is 1.39 bits per heavy atom. The van der Waals surface area contributed by atoms with Crippen LogP contribution in [0, 0.1) is 0 Å². The zero-order chi connectivity index (χ0) is 13.1. The Bertz CT molecular complexity index is 535. The molecule has 0 bridgehead atoms. The maximum atomic E-state index is 12.1. The number of nitrogens with zero attached hydrogens (tertiary/aromatic N) is 2. The fourth-order valence-corrected chi connectivity index (χ4v) is 1.98. The quantitative estimate of drug-likeness (QED) is 0.813. The van der Waals surface area contributed by atoms with Gasteiger partial charge in [-0.1, -0.05) is 23.2 Å². The van der Waals surface area contributed by atoms with Gasteiger partial charge in [-0.2, -0.15) is 0 Å². The van der Waals surface area contributed by atoms with E-state index >= 15 is 0 Å². The van der Waals surface area contributed by atoms with Crippen molar-refractivity contribution in [1.82, 2.24) is 9.88 Å². The zero-order valence-corrected chi connectivity index (χ0v) is 11.1. The molecule has 0 atom stereocenters. The highest BCUT2D eigenvalue weighted by Crippen LogP contribution is 2.16. The van der Waals surface area contributed by atoms with Crippen LogP contribution in [0.25, 0.3) is 0 Å². The van der Waals surface area contributed by atoms with Crippen molar-refractivity contribution < 1.29 is 9.21 Å². The number of pyridine rings is 1. The van der Waals surface area contributed by atoms with E-state index in [1.54, 1.807) is 25.4 Å². The predicted molar refractivity (Wildman–Crippen MR) is 68.8 cm³/mol. The minimum atomic E-state index is -0.197. The van der Waals surface area contributed by atoms with E-state index in [0.717, 1.165) is 0 Å². The van der Waals surface area contributed by atoms with Gasteiger partial charge in [0, 0.05) is 12.6 Å². The highest BCUT2D eigenvalue weighted by molar-refractivity contribution is 6.33. The number of carbonyl (C=O) groups is 1. The monoisotopic (exact) mass is 284 g/mol. The normalized spacial score (nSPS) is 10.4. The lowest BCUT2D eigenvalue weighted by Crippen LogP contribution is -2.26.